The van der Waals surface area contributed by atoms with Crippen molar-refractivity contribution in [2.24, 2.45) is 0 Å². The lowest BCUT2D eigenvalue weighted by atomic mass is 10.1. The van der Waals surface area contributed by atoms with E-state index in [1.807, 2.05) is 6.07 Å². The SMILES string of the molecule is Cc1ccccc1-c1ccc2c(n1)N(c1ccccc1)CN2.I. The van der Waals surface area contributed by atoms with Gasteiger partial charge in [-0.05, 0) is 36.8 Å². The van der Waals surface area contributed by atoms with Crippen LogP contribution >= 0.6 is 24.0 Å². The van der Waals surface area contributed by atoms with E-state index in [2.05, 4.69) is 77.8 Å². The number of halogens is 1. The Bertz CT molecular complexity index is 818. The Morgan fingerprint density at radius 3 is 2.43 bits per heavy atom. The lowest BCUT2D eigenvalue weighted by Crippen LogP contribution is -2.16. The van der Waals surface area contributed by atoms with Gasteiger partial charge >= 0.3 is 0 Å². The van der Waals surface area contributed by atoms with Crippen LogP contribution in [-0.2, 0) is 0 Å². The van der Waals surface area contributed by atoms with Crippen molar-refractivity contribution in [2.75, 3.05) is 16.9 Å². The highest BCUT2D eigenvalue weighted by Crippen LogP contribution is 2.37. The summed E-state index contributed by atoms with van der Waals surface area (Å²) in [4.78, 5) is 7.11. The molecule has 0 bridgehead atoms. The third kappa shape index (κ3) is 2.91. The molecule has 1 aliphatic heterocycles. The molecule has 0 unspecified atom stereocenters. The lowest BCUT2D eigenvalue weighted by molar-refractivity contribution is 1.07. The second-order valence-electron chi connectivity index (χ2n) is 5.48. The number of benzene rings is 2. The fourth-order valence-electron chi connectivity index (χ4n) is 2.86. The summed E-state index contributed by atoms with van der Waals surface area (Å²) in [5.74, 6) is 0.993. The second-order valence-corrected chi connectivity index (χ2v) is 5.48. The normalized spacial score (nSPS) is 12.3. The molecule has 3 aromatic rings. The number of rotatable bonds is 2. The van der Waals surface area contributed by atoms with Gasteiger partial charge in [0.25, 0.3) is 0 Å². The van der Waals surface area contributed by atoms with Crippen LogP contribution in [0, 0.1) is 6.92 Å². The summed E-state index contributed by atoms with van der Waals surface area (Å²) in [5.41, 5.74) is 5.68. The highest BCUT2D eigenvalue weighted by Gasteiger charge is 2.22. The largest absolute Gasteiger partial charge is 0.364 e. The minimum absolute atomic E-state index is 0. The van der Waals surface area contributed by atoms with Crippen LogP contribution in [0.5, 0.6) is 0 Å². The summed E-state index contributed by atoms with van der Waals surface area (Å²) in [6, 6.07) is 22.9. The quantitative estimate of drug-likeness (QED) is 0.584. The van der Waals surface area contributed by atoms with E-state index in [4.69, 9.17) is 4.98 Å². The van der Waals surface area contributed by atoms with Gasteiger partial charge in [-0.3, -0.25) is 0 Å². The number of para-hydroxylation sites is 1. The average Bonchev–Trinajstić information content (AvgIpc) is 2.99. The third-order valence-corrected chi connectivity index (χ3v) is 4.05. The van der Waals surface area contributed by atoms with Crippen molar-refractivity contribution in [1.82, 2.24) is 4.98 Å². The Labute approximate surface area is 153 Å². The molecule has 0 amide bonds. The first-order chi connectivity index (χ1) is 10.8. The number of aryl methyl sites for hydroxylation is 1. The molecule has 23 heavy (non-hydrogen) atoms. The first-order valence-electron chi connectivity index (χ1n) is 7.46. The van der Waals surface area contributed by atoms with Crippen molar-refractivity contribution >= 4 is 41.2 Å². The summed E-state index contributed by atoms with van der Waals surface area (Å²) in [7, 11) is 0. The molecule has 3 nitrogen and oxygen atoms in total. The molecular formula is C19H18IN3. The molecule has 0 saturated heterocycles. The molecule has 1 N–H and O–H groups in total. The smallest absolute Gasteiger partial charge is 0.158 e. The standard InChI is InChI=1S/C19H17N3.HI/c1-14-7-5-6-10-16(14)17-11-12-18-19(21-17)22(13-20-18)15-8-3-2-4-9-15;/h2-12,20H,13H2,1H3;1H. The zero-order valence-corrected chi connectivity index (χ0v) is 15.2. The average molecular weight is 415 g/mol. The third-order valence-electron chi connectivity index (χ3n) is 4.05. The highest BCUT2D eigenvalue weighted by molar-refractivity contribution is 14.0. The van der Waals surface area contributed by atoms with Gasteiger partial charge in [0.15, 0.2) is 5.82 Å². The Balaban J connectivity index is 0.00000156. The van der Waals surface area contributed by atoms with E-state index in [0.29, 0.717) is 0 Å². The lowest BCUT2D eigenvalue weighted by Gasteiger charge is -2.17. The molecule has 0 saturated carbocycles. The number of fused-ring (bicyclic) bond motifs is 1. The molecule has 4 heteroatoms. The molecule has 0 radical (unpaired) electrons. The van der Waals surface area contributed by atoms with Crippen molar-refractivity contribution in [2.45, 2.75) is 6.92 Å². The molecule has 0 spiro atoms. The number of pyridine rings is 1. The summed E-state index contributed by atoms with van der Waals surface area (Å²) in [6.07, 6.45) is 0. The van der Waals surface area contributed by atoms with Gasteiger partial charge in [-0.1, -0.05) is 42.5 Å². The Hall–Kier alpha value is -2.08. The van der Waals surface area contributed by atoms with E-state index in [0.717, 1.165) is 29.6 Å². The fourth-order valence-corrected chi connectivity index (χ4v) is 2.86. The van der Waals surface area contributed by atoms with Gasteiger partial charge in [0, 0.05) is 11.3 Å². The van der Waals surface area contributed by atoms with E-state index in [-0.39, 0.29) is 24.0 Å². The second kappa shape index (κ2) is 6.58. The minimum Gasteiger partial charge on any atom is -0.364 e. The van der Waals surface area contributed by atoms with Crippen LogP contribution in [0.1, 0.15) is 5.56 Å². The Kier molecular flexibility index (Phi) is 4.52. The van der Waals surface area contributed by atoms with Crippen LogP contribution in [0.2, 0.25) is 0 Å². The maximum absolute atomic E-state index is 4.91. The molecule has 2 heterocycles. The molecule has 116 valence electrons. The van der Waals surface area contributed by atoms with Gasteiger partial charge in [0.05, 0.1) is 18.1 Å². The monoisotopic (exact) mass is 415 g/mol. The zero-order chi connectivity index (χ0) is 14.9. The predicted molar refractivity (Wildman–Crippen MR) is 107 cm³/mol. The van der Waals surface area contributed by atoms with Crippen molar-refractivity contribution in [3.63, 3.8) is 0 Å². The number of nitrogens with zero attached hydrogens (tertiary/aromatic N) is 2. The molecular weight excluding hydrogens is 397 g/mol. The summed E-state index contributed by atoms with van der Waals surface area (Å²) in [5, 5.41) is 3.41. The Morgan fingerprint density at radius 1 is 0.913 bits per heavy atom. The molecule has 0 aliphatic carbocycles. The van der Waals surface area contributed by atoms with Gasteiger partial charge in [0.1, 0.15) is 0 Å². The summed E-state index contributed by atoms with van der Waals surface area (Å²) < 4.78 is 0. The van der Waals surface area contributed by atoms with Crippen LogP contribution < -0.4 is 10.2 Å². The van der Waals surface area contributed by atoms with E-state index >= 15 is 0 Å². The number of anilines is 3. The minimum atomic E-state index is 0. The first-order valence-corrected chi connectivity index (χ1v) is 7.46. The Morgan fingerprint density at radius 2 is 1.65 bits per heavy atom. The van der Waals surface area contributed by atoms with E-state index in [1.165, 1.54) is 11.1 Å². The zero-order valence-electron chi connectivity index (χ0n) is 12.9. The first kappa shape index (κ1) is 15.8. The van der Waals surface area contributed by atoms with Crippen LogP contribution in [0.4, 0.5) is 17.2 Å². The maximum Gasteiger partial charge on any atom is 0.158 e. The molecule has 1 aromatic heterocycles. The number of hydrogen-bond acceptors (Lipinski definition) is 3. The predicted octanol–water partition coefficient (Wildman–Crippen LogP) is 5.20. The van der Waals surface area contributed by atoms with E-state index in [9.17, 15) is 0 Å². The topological polar surface area (TPSA) is 28.2 Å². The van der Waals surface area contributed by atoms with E-state index in [1.54, 1.807) is 0 Å². The summed E-state index contributed by atoms with van der Waals surface area (Å²) >= 11 is 0. The number of aromatic nitrogens is 1. The fraction of sp³-hybridized carbons (Fsp3) is 0.105. The van der Waals surface area contributed by atoms with Gasteiger partial charge < -0.3 is 10.2 Å². The maximum atomic E-state index is 4.91. The van der Waals surface area contributed by atoms with Crippen LogP contribution in [-0.4, -0.2) is 11.7 Å². The van der Waals surface area contributed by atoms with Gasteiger partial charge in [-0.25, -0.2) is 4.98 Å². The number of nitrogens with one attached hydrogen (secondary N) is 1. The van der Waals surface area contributed by atoms with Crippen LogP contribution in [0.3, 0.4) is 0 Å². The van der Waals surface area contributed by atoms with Gasteiger partial charge in [-0.2, -0.15) is 0 Å². The number of hydrogen-bond donors (Lipinski definition) is 1. The molecule has 1 aliphatic rings. The van der Waals surface area contributed by atoms with Gasteiger partial charge in [-0.15, -0.1) is 24.0 Å². The van der Waals surface area contributed by atoms with Gasteiger partial charge in [0.2, 0.25) is 0 Å². The summed E-state index contributed by atoms with van der Waals surface area (Å²) in [6.45, 7) is 2.88. The van der Waals surface area contributed by atoms with Crippen molar-refractivity contribution in [3.05, 3.63) is 72.3 Å². The van der Waals surface area contributed by atoms with E-state index < -0.39 is 0 Å². The molecule has 2 aromatic carbocycles. The molecule has 0 fully saturated rings. The highest BCUT2D eigenvalue weighted by atomic mass is 127. The molecule has 0 atom stereocenters. The molecule has 4 rings (SSSR count). The van der Waals surface area contributed by atoms with Crippen molar-refractivity contribution in [1.29, 1.82) is 0 Å². The van der Waals surface area contributed by atoms with Crippen molar-refractivity contribution in [3.8, 4) is 11.3 Å². The van der Waals surface area contributed by atoms with Crippen LogP contribution in [0.25, 0.3) is 11.3 Å². The van der Waals surface area contributed by atoms with Crippen LogP contribution in [0.15, 0.2) is 66.7 Å². The van der Waals surface area contributed by atoms with Crippen molar-refractivity contribution < 1.29 is 0 Å².